The Bertz CT molecular complexity index is 600. The first kappa shape index (κ1) is 16.0. The number of carbonyl (C=O) groups excluding carboxylic acids is 2. The van der Waals surface area contributed by atoms with Gasteiger partial charge in [-0.2, -0.15) is 0 Å². The van der Waals surface area contributed by atoms with Gasteiger partial charge < -0.3 is 15.5 Å². The fourth-order valence-corrected chi connectivity index (χ4v) is 3.46. The van der Waals surface area contributed by atoms with Crippen LogP contribution < -0.4 is 10.6 Å². The fraction of sp³-hybridized carbons (Fsp3) is 0.556. The van der Waals surface area contributed by atoms with Gasteiger partial charge in [0.1, 0.15) is 6.04 Å². The van der Waals surface area contributed by atoms with Gasteiger partial charge in [-0.25, -0.2) is 0 Å². The molecule has 0 spiro atoms. The second-order valence-corrected chi connectivity index (χ2v) is 6.42. The van der Waals surface area contributed by atoms with Gasteiger partial charge in [-0.1, -0.05) is 25.1 Å². The second kappa shape index (κ2) is 7.13. The summed E-state index contributed by atoms with van der Waals surface area (Å²) in [4.78, 5) is 26.3. The maximum atomic E-state index is 12.5. The van der Waals surface area contributed by atoms with Crippen molar-refractivity contribution < 1.29 is 9.59 Å². The Balaban J connectivity index is 1.57. The topological polar surface area (TPSA) is 61.4 Å². The number of benzene rings is 1. The Morgan fingerprint density at radius 1 is 1.30 bits per heavy atom. The Hall–Kier alpha value is -1.88. The van der Waals surface area contributed by atoms with Gasteiger partial charge in [-0.15, -0.1) is 0 Å². The quantitative estimate of drug-likeness (QED) is 0.869. The van der Waals surface area contributed by atoms with E-state index in [-0.39, 0.29) is 17.9 Å². The highest BCUT2D eigenvalue weighted by Crippen LogP contribution is 2.20. The minimum absolute atomic E-state index is 0.0226. The van der Waals surface area contributed by atoms with Crippen LogP contribution in [0.4, 0.5) is 0 Å². The molecule has 3 rings (SSSR count). The van der Waals surface area contributed by atoms with Crippen molar-refractivity contribution in [1.82, 2.24) is 15.5 Å². The molecule has 5 nitrogen and oxygen atoms in total. The number of rotatable bonds is 5. The number of hydrogen-bond donors (Lipinski definition) is 2. The largest absolute Gasteiger partial charge is 0.350 e. The molecule has 1 aromatic rings. The summed E-state index contributed by atoms with van der Waals surface area (Å²) < 4.78 is 0. The van der Waals surface area contributed by atoms with Gasteiger partial charge >= 0.3 is 0 Å². The summed E-state index contributed by atoms with van der Waals surface area (Å²) in [6, 6.07) is 6.07. The van der Waals surface area contributed by atoms with Crippen LogP contribution in [0.5, 0.6) is 0 Å². The summed E-state index contributed by atoms with van der Waals surface area (Å²) >= 11 is 0. The van der Waals surface area contributed by atoms with Crippen LogP contribution in [0.1, 0.15) is 49.3 Å². The Kier molecular flexibility index (Phi) is 4.96. The predicted molar refractivity (Wildman–Crippen MR) is 88.5 cm³/mol. The van der Waals surface area contributed by atoms with E-state index >= 15 is 0 Å². The number of carbonyl (C=O) groups is 2. The Morgan fingerprint density at radius 3 is 2.96 bits per heavy atom. The SMILES string of the molecule is CCCC(=O)N1CCCC1C(=O)NCc1ccc2c(c1)CNC2. The van der Waals surface area contributed by atoms with Gasteiger partial charge in [0.05, 0.1) is 0 Å². The molecule has 23 heavy (non-hydrogen) atoms. The van der Waals surface area contributed by atoms with E-state index in [0.29, 0.717) is 19.5 Å². The van der Waals surface area contributed by atoms with Crippen molar-refractivity contribution in [3.63, 3.8) is 0 Å². The third-order valence-corrected chi connectivity index (χ3v) is 4.71. The molecule has 0 bridgehead atoms. The molecular weight excluding hydrogens is 290 g/mol. The minimum Gasteiger partial charge on any atom is -0.350 e. The molecule has 5 heteroatoms. The van der Waals surface area contributed by atoms with Gasteiger partial charge in [0, 0.05) is 32.6 Å². The lowest BCUT2D eigenvalue weighted by Crippen LogP contribution is -2.45. The monoisotopic (exact) mass is 315 g/mol. The standard InChI is InChI=1S/C18H25N3O2/c1-2-4-17(22)21-8-3-5-16(21)18(23)20-10-13-6-7-14-11-19-12-15(14)9-13/h6-7,9,16,19H,2-5,8,10-12H2,1H3,(H,20,23). The summed E-state index contributed by atoms with van der Waals surface area (Å²) in [5.74, 6) is 0.0827. The second-order valence-electron chi connectivity index (χ2n) is 6.42. The van der Waals surface area contributed by atoms with Crippen LogP contribution in [0.25, 0.3) is 0 Å². The lowest BCUT2D eigenvalue weighted by atomic mass is 10.1. The van der Waals surface area contributed by atoms with Gasteiger partial charge in [0.25, 0.3) is 0 Å². The average molecular weight is 315 g/mol. The van der Waals surface area contributed by atoms with Gasteiger partial charge in [0.15, 0.2) is 0 Å². The molecule has 2 N–H and O–H groups in total. The zero-order valence-corrected chi connectivity index (χ0v) is 13.7. The minimum atomic E-state index is -0.287. The number of amides is 2. The third-order valence-electron chi connectivity index (χ3n) is 4.71. The van der Waals surface area contributed by atoms with Crippen molar-refractivity contribution in [2.45, 2.75) is 58.3 Å². The van der Waals surface area contributed by atoms with E-state index in [0.717, 1.165) is 37.9 Å². The molecule has 1 aromatic carbocycles. The van der Waals surface area contributed by atoms with Crippen molar-refractivity contribution in [3.05, 3.63) is 34.9 Å². The highest BCUT2D eigenvalue weighted by Gasteiger charge is 2.33. The van der Waals surface area contributed by atoms with E-state index in [4.69, 9.17) is 0 Å². The highest BCUT2D eigenvalue weighted by atomic mass is 16.2. The van der Waals surface area contributed by atoms with E-state index in [9.17, 15) is 9.59 Å². The Morgan fingerprint density at radius 2 is 2.13 bits per heavy atom. The summed E-state index contributed by atoms with van der Waals surface area (Å²) in [7, 11) is 0. The van der Waals surface area contributed by atoms with E-state index in [1.54, 1.807) is 4.90 Å². The number of hydrogen-bond acceptors (Lipinski definition) is 3. The zero-order chi connectivity index (χ0) is 16.2. The smallest absolute Gasteiger partial charge is 0.243 e. The molecule has 0 aliphatic carbocycles. The zero-order valence-electron chi connectivity index (χ0n) is 13.7. The molecule has 2 aliphatic rings. The van der Waals surface area contributed by atoms with Gasteiger partial charge in [-0.3, -0.25) is 9.59 Å². The number of fused-ring (bicyclic) bond motifs is 1. The summed E-state index contributed by atoms with van der Waals surface area (Å²) in [6.07, 6.45) is 3.04. The first-order valence-corrected chi connectivity index (χ1v) is 8.57. The van der Waals surface area contributed by atoms with E-state index in [1.165, 1.54) is 11.1 Å². The molecular formula is C18H25N3O2. The van der Waals surface area contributed by atoms with Crippen LogP contribution >= 0.6 is 0 Å². The summed E-state index contributed by atoms with van der Waals surface area (Å²) in [6.45, 7) is 5.06. The summed E-state index contributed by atoms with van der Waals surface area (Å²) in [5.41, 5.74) is 3.77. The van der Waals surface area contributed by atoms with Crippen LogP contribution in [0.15, 0.2) is 18.2 Å². The fourth-order valence-electron chi connectivity index (χ4n) is 3.46. The lowest BCUT2D eigenvalue weighted by Gasteiger charge is -2.24. The molecule has 1 atom stereocenters. The molecule has 2 aliphatic heterocycles. The highest BCUT2D eigenvalue weighted by molar-refractivity contribution is 5.88. The summed E-state index contributed by atoms with van der Waals surface area (Å²) in [5, 5.41) is 6.33. The van der Waals surface area contributed by atoms with Crippen molar-refractivity contribution >= 4 is 11.8 Å². The molecule has 1 saturated heterocycles. The van der Waals surface area contributed by atoms with Crippen molar-refractivity contribution in [3.8, 4) is 0 Å². The lowest BCUT2D eigenvalue weighted by molar-refractivity contribution is -0.138. The van der Waals surface area contributed by atoms with Crippen molar-refractivity contribution in [2.75, 3.05) is 6.54 Å². The van der Waals surface area contributed by atoms with Crippen LogP contribution in [-0.4, -0.2) is 29.3 Å². The first-order valence-electron chi connectivity index (χ1n) is 8.57. The molecule has 0 saturated carbocycles. The predicted octanol–water partition coefficient (Wildman–Crippen LogP) is 1.70. The first-order chi connectivity index (χ1) is 11.2. The van der Waals surface area contributed by atoms with Gasteiger partial charge in [-0.05, 0) is 36.0 Å². The maximum Gasteiger partial charge on any atom is 0.243 e. The molecule has 1 fully saturated rings. The molecule has 1 unspecified atom stereocenters. The molecule has 2 amide bonds. The maximum absolute atomic E-state index is 12.5. The molecule has 124 valence electrons. The number of likely N-dealkylation sites (tertiary alicyclic amines) is 1. The van der Waals surface area contributed by atoms with Crippen LogP contribution in [0, 0.1) is 0 Å². The van der Waals surface area contributed by atoms with E-state index in [1.807, 2.05) is 6.92 Å². The molecule has 2 heterocycles. The van der Waals surface area contributed by atoms with Crippen LogP contribution in [0.2, 0.25) is 0 Å². The number of nitrogens with one attached hydrogen (secondary N) is 2. The normalized spacial score (nSPS) is 19.7. The van der Waals surface area contributed by atoms with E-state index in [2.05, 4.69) is 28.8 Å². The van der Waals surface area contributed by atoms with Gasteiger partial charge in [0.2, 0.25) is 11.8 Å². The van der Waals surface area contributed by atoms with E-state index < -0.39 is 0 Å². The molecule has 0 radical (unpaired) electrons. The van der Waals surface area contributed by atoms with Crippen LogP contribution in [-0.2, 0) is 29.2 Å². The van der Waals surface area contributed by atoms with Crippen molar-refractivity contribution in [1.29, 1.82) is 0 Å². The van der Waals surface area contributed by atoms with Crippen molar-refractivity contribution in [2.24, 2.45) is 0 Å². The third kappa shape index (κ3) is 3.55. The number of nitrogens with zero attached hydrogens (tertiary/aromatic N) is 1. The Labute approximate surface area is 137 Å². The van der Waals surface area contributed by atoms with Crippen LogP contribution in [0.3, 0.4) is 0 Å². The average Bonchev–Trinajstić information content (AvgIpc) is 3.21. The molecule has 0 aromatic heterocycles.